The third-order valence-electron chi connectivity index (χ3n) is 6.46. The van der Waals surface area contributed by atoms with Gasteiger partial charge in [0.15, 0.2) is 0 Å². The van der Waals surface area contributed by atoms with Gasteiger partial charge in [-0.1, -0.05) is 12.1 Å². The normalized spacial score (nSPS) is 32.0. The van der Waals surface area contributed by atoms with Crippen LogP contribution in [0.15, 0.2) is 47.3 Å². The molecule has 0 unspecified atom stereocenters. The molecule has 0 aliphatic carbocycles. The van der Waals surface area contributed by atoms with Crippen LogP contribution < -0.4 is 5.32 Å². The Morgan fingerprint density at radius 2 is 2.15 bits per heavy atom. The van der Waals surface area contributed by atoms with Gasteiger partial charge in [0.1, 0.15) is 12.1 Å². The fourth-order valence-electron chi connectivity index (χ4n) is 5.23. The highest BCUT2D eigenvalue weighted by atomic mass is 19.1. The number of halogens is 1. The molecule has 6 heteroatoms. The average Bonchev–Trinajstić information content (AvgIpc) is 3.42. The van der Waals surface area contributed by atoms with Gasteiger partial charge in [-0.2, -0.15) is 0 Å². The van der Waals surface area contributed by atoms with Crippen LogP contribution in [0, 0.1) is 17.7 Å². The number of furan rings is 1. The molecule has 3 aliphatic heterocycles. The second-order valence-electron chi connectivity index (χ2n) is 8.05. The highest BCUT2D eigenvalue weighted by molar-refractivity contribution is 5.93. The molecule has 1 amide bonds. The molecule has 3 aliphatic rings. The molecule has 2 aromatic rings. The van der Waals surface area contributed by atoms with Crippen LogP contribution in [0.5, 0.6) is 0 Å². The average molecular weight is 370 g/mol. The minimum Gasteiger partial charge on any atom is -0.472 e. The lowest BCUT2D eigenvalue weighted by molar-refractivity contribution is 0.00212. The summed E-state index contributed by atoms with van der Waals surface area (Å²) in [6.07, 6.45) is 5.37. The summed E-state index contributed by atoms with van der Waals surface area (Å²) in [6, 6.07) is 8.40. The number of nitrogens with one attached hydrogen (secondary N) is 1. The summed E-state index contributed by atoms with van der Waals surface area (Å²) in [5.41, 5.74) is 1.60. The van der Waals surface area contributed by atoms with Crippen LogP contribution >= 0.6 is 0 Å². The van der Waals surface area contributed by atoms with E-state index in [1.165, 1.54) is 24.7 Å². The van der Waals surface area contributed by atoms with Crippen LogP contribution in [0.4, 0.5) is 4.39 Å². The number of likely N-dealkylation sites (tertiary alicyclic amines) is 1. The van der Waals surface area contributed by atoms with Gasteiger partial charge >= 0.3 is 0 Å². The lowest BCUT2D eigenvalue weighted by Crippen LogP contribution is -2.41. The van der Waals surface area contributed by atoms with Gasteiger partial charge in [0.2, 0.25) is 0 Å². The summed E-state index contributed by atoms with van der Waals surface area (Å²) in [4.78, 5) is 14.6. The quantitative estimate of drug-likeness (QED) is 0.879. The molecule has 2 bridgehead atoms. The molecule has 4 atom stereocenters. The Labute approximate surface area is 157 Å². The van der Waals surface area contributed by atoms with E-state index in [-0.39, 0.29) is 23.4 Å². The van der Waals surface area contributed by atoms with Crippen molar-refractivity contribution in [2.24, 2.45) is 11.8 Å². The number of benzene rings is 1. The smallest absolute Gasteiger partial charge is 0.254 e. The summed E-state index contributed by atoms with van der Waals surface area (Å²) >= 11 is 0. The number of rotatable bonds is 5. The van der Waals surface area contributed by atoms with Crippen LogP contribution in [0.3, 0.4) is 0 Å². The van der Waals surface area contributed by atoms with E-state index in [0.717, 1.165) is 38.0 Å². The van der Waals surface area contributed by atoms with Crippen LogP contribution in [-0.4, -0.2) is 42.1 Å². The molecule has 142 valence electrons. The van der Waals surface area contributed by atoms with E-state index >= 15 is 0 Å². The Hall–Kier alpha value is -2.18. The maximum Gasteiger partial charge on any atom is 0.254 e. The molecule has 3 fully saturated rings. The van der Waals surface area contributed by atoms with Crippen LogP contribution in [0.2, 0.25) is 0 Å². The minimum atomic E-state index is -0.203. The number of ether oxygens (including phenoxy) is 1. The fourth-order valence-corrected chi connectivity index (χ4v) is 5.23. The van der Waals surface area contributed by atoms with Crippen molar-refractivity contribution in [3.05, 3.63) is 59.8 Å². The molecule has 0 saturated carbocycles. The van der Waals surface area contributed by atoms with Crippen molar-refractivity contribution in [2.75, 3.05) is 19.6 Å². The van der Waals surface area contributed by atoms with E-state index in [1.807, 2.05) is 12.1 Å². The highest BCUT2D eigenvalue weighted by Gasteiger charge is 2.62. The van der Waals surface area contributed by atoms with Gasteiger partial charge in [0.05, 0.1) is 23.5 Å². The number of carbonyl (C=O) groups excluding carboxylic acids is 1. The largest absolute Gasteiger partial charge is 0.472 e. The summed E-state index contributed by atoms with van der Waals surface area (Å²) in [5, 5.41) is 3.05. The molecule has 1 spiro atoms. The first-order chi connectivity index (χ1) is 13.1. The van der Waals surface area contributed by atoms with Crippen molar-refractivity contribution in [1.29, 1.82) is 0 Å². The summed E-state index contributed by atoms with van der Waals surface area (Å²) in [7, 11) is 0. The number of carbonyl (C=O) groups is 1. The van der Waals surface area contributed by atoms with Crippen LogP contribution in [0.1, 0.15) is 28.8 Å². The molecule has 5 rings (SSSR count). The van der Waals surface area contributed by atoms with Gasteiger partial charge in [-0.15, -0.1) is 0 Å². The number of fused-ring (bicyclic) bond motifs is 1. The van der Waals surface area contributed by atoms with Gasteiger partial charge in [-0.3, -0.25) is 9.69 Å². The first-order valence-corrected chi connectivity index (χ1v) is 9.58. The van der Waals surface area contributed by atoms with E-state index < -0.39 is 0 Å². The molecular formula is C21H23FN2O3. The Kier molecular flexibility index (Phi) is 4.06. The lowest BCUT2D eigenvalue weighted by atomic mass is 9.73. The first kappa shape index (κ1) is 17.0. The lowest BCUT2D eigenvalue weighted by Gasteiger charge is -2.29. The van der Waals surface area contributed by atoms with Gasteiger partial charge in [0.25, 0.3) is 5.91 Å². The molecule has 0 radical (unpaired) electrons. The zero-order valence-electron chi connectivity index (χ0n) is 15.1. The Morgan fingerprint density at radius 3 is 2.93 bits per heavy atom. The topological polar surface area (TPSA) is 54.7 Å². The summed E-state index contributed by atoms with van der Waals surface area (Å²) in [6.45, 7) is 3.31. The molecule has 5 nitrogen and oxygen atoms in total. The number of hydrogen-bond donors (Lipinski definition) is 1. The zero-order chi connectivity index (χ0) is 18.4. The van der Waals surface area contributed by atoms with Crippen molar-refractivity contribution < 1.29 is 18.3 Å². The van der Waals surface area contributed by atoms with Crippen molar-refractivity contribution in [1.82, 2.24) is 10.2 Å². The predicted molar refractivity (Wildman–Crippen MR) is 96.5 cm³/mol. The molecular weight excluding hydrogens is 347 g/mol. The molecule has 3 saturated heterocycles. The van der Waals surface area contributed by atoms with E-state index in [0.29, 0.717) is 23.9 Å². The van der Waals surface area contributed by atoms with Crippen molar-refractivity contribution in [2.45, 2.75) is 31.1 Å². The zero-order valence-corrected chi connectivity index (χ0v) is 15.1. The van der Waals surface area contributed by atoms with Crippen molar-refractivity contribution in [3.8, 4) is 0 Å². The Balaban J connectivity index is 1.25. The number of hydrogen-bond acceptors (Lipinski definition) is 4. The Morgan fingerprint density at radius 1 is 1.30 bits per heavy atom. The second kappa shape index (κ2) is 6.46. The standard InChI is InChI=1S/C21H23FN2O3/c22-16-3-1-14(2-4-16)10-24-11-18-17(19-5-7-21(18,13-24)27-19)9-23-20(25)15-6-8-26-12-15/h1-4,6,8,12,17-19H,5,7,9-11,13H2,(H,23,25)/t17-,18+,19+,21+/m0/s1. The maximum atomic E-state index is 13.1. The number of amides is 1. The second-order valence-corrected chi connectivity index (χ2v) is 8.05. The van der Waals surface area contributed by atoms with Crippen LogP contribution in [-0.2, 0) is 11.3 Å². The molecule has 4 heterocycles. The highest BCUT2D eigenvalue weighted by Crippen LogP contribution is 2.54. The molecule has 1 N–H and O–H groups in total. The van der Waals surface area contributed by atoms with E-state index in [9.17, 15) is 9.18 Å². The monoisotopic (exact) mass is 370 g/mol. The summed E-state index contributed by atoms with van der Waals surface area (Å²) < 4.78 is 24.6. The van der Waals surface area contributed by atoms with E-state index in [2.05, 4.69) is 10.2 Å². The van der Waals surface area contributed by atoms with Gasteiger partial charge in [-0.05, 0) is 36.6 Å². The molecule has 27 heavy (non-hydrogen) atoms. The van der Waals surface area contributed by atoms with Gasteiger partial charge in [-0.25, -0.2) is 4.39 Å². The third kappa shape index (κ3) is 2.97. The van der Waals surface area contributed by atoms with E-state index in [1.54, 1.807) is 6.07 Å². The van der Waals surface area contributed by atoms with Crippen molar-refractivity contribution >= 4 is 5.91 Å². The fraction of sp³-hybridized carbons (Fsp3) is 0.476. The third-order valence-corrected chi connectivity index (χ3v) is 6.46. The number of nitrogens with zero attached hydrogens (tertiary/aromatic N) is 1. The maximum absolute atomic E-state index is 13.1. The van der Waals surface area contributed by atoms with Gasteiger partial charge < -0.3 is 14.5 Å². The van der Waals surface area contributed by atoms with E-state index in [4.69, 9.17) is 9.15 Å². The summed E-state index contributed by atoms with van der Waals surface area (Å²) in [5.74, 6) is 0.474. The first-order valence-electron chi connectivity index (χ1n) is 9.58. The van der Waals surface area contributed by atoms with Crippen molar-refractivity contribution in [3.63, 3.8) is 0 Å². The molecule has 1 aromatic carbocycles. The predicted octanol–water partition coefficient (Wildman–Crippen LogP) is 2.83. The van der Waals surface area contributed by atoms with Gasteiger partial charge in [0, 0.05) is 38.0 Å². The SMILES string of the molecule is O=C(NC[C@H]1[C@H]2CN(Cc3ccc(F)cc3)C[C@]23CC[C@H]1O3)c1ccoc1. The van der Waals surface area contributed by atoms with Crippen LogP contribution in [0.25, 0.3) is 0 Å². The molecule has 1 aromatic heterocycles. The minimum absolute atomic E-state index is 0.0737. The Bertz CT molecular complexity index is 822.